The van der Waals surface area contributed by atoms with E-state index in [0.29, 0.717) is 0 Å². The van der Waals surface area contributed by atoms with Crippen molar-refractivity contribution in [3.63, 3.8) is 0 Å². The van der Waals surface area contributed by atoms with E-state index in [1.54, 1.807) is 0 Å². The Morgan fingerprint density at radius 3 is 2.45 bits per heavy atom. The first-order valence-corrected chi connectivity index (χ1v) is 9.38. The van der Waals surface area contributed by atoms with Crippen LogP contribution in [0.25, 0.3) is 0 Å². The van der Waals surface area contributed by atoms with Crippen molar-refractivity contribution in [2.45, 2.75) is 24.1 Å². The van der Waals surface area contributed by atoms with Crippen LogP contribution in [0.15, 0.2) is 10.3 Å². The van der Waals surface area contributed by atoms with Gasteiger partial charge in [-0.1, -0.05) is 11.8 Å². The molecule has 11 heteroatoms. The zero-order chi connectivity index (χ0) is 15.6. The molecule has 1 unspecified atom stereocenters. The van der Waals surface area contributed by atoms with Crippen LogP contribution < -0.4 is 0 Å². The molecule has 1 fully saturated rings. The normalized spacial score (nSPS) is 30.7. The van der Waals surface area contributed by atoms with Gasteiger partial charge in [-0.05, 0) is 0 Å². The monoisotopic (exact) mass is 354 g/mol. The summed E-state index contributed by atoms with van der Waals surface area (Å²) in [5, 5.41) is 18.8. The number of hydrogen-bond donors (Lipinski definition) is 2. The summed E-state index contributed by atoms with van der Waals surface area (Å²) in [7, 11) is -5.83. The van der Waals surface area contributed by atoms with Crippen molar-refractivity contribution >= 4 is 32.8 Å². The number of alkyl halides is 3. The Hall–Kier alpha value is 0.0600. The van der Waals surface area contributed by atoms with Crippen molar-refractivity contribution < 1.29 is 36.4 Å². The SMILES string of the molecule is O=S(=O)([O-])C(F)(F)F.O[C@@H]1C[S+]2CCCSC2=C[C@@H]1O. The van der Waals surface area contributed by atoms with Crippen LogP contribution in [0, 0.1) is 0 Å². The number of halogens is 3. The molecule has 3 atom stereocenters. The highest BCUT2D eigenvalue weighted by molar-refractivity contribution is 8.21. The van der Waals surface area contributed by atoms with Crippen LogP contribution >= 0.6 is 11.8 Å². The van der Waals surface area contributed by atoms with E-state index >= 15 is 0 Å². The van der Waals surface area contributed by atoms with Gasteiger partial charge in [-0.2, -0.15) is 13.2 Å². The van der Waals surface area contributed by atoms with Gasteiger partial charge in [0.2, 0.25) is 0 Å². The summed E-state index contributed by atoms with van der Waals surface area (Å²) in [6, 6.07) is 0. The molecule has 5 nitrogen and oxygen atoms in total. The number of aliphatic hydroxyl groups excluding tert-OH is 2. The predicted octanol–water partition coefficient (Wildman–Crippen LogP) is 0.370. The maximum absolute atomic E-state index is 10.7. The van der Waals surface area contributed by atoms with E-state index in [1.165, 1.54) is 22.2 Å². The first-order chi connectivity index (χ1) is 9.02. The van der Waals surface area contributed by atoms with Crippen LogP contribution in [0.3, 0.4) is 0 Å². The molecule has 118 valence electrons. The maximum Gasteiger partial charge on any atom is 0.485 e. The molecular weight excluding hydrogens is 341 g/mol. The average Bonchev–Trinajstić information content (AvgIpc) is 2.29. The molecule has 2 aliphatic rings. The molecule has 0 aromatic rings. The molecule has 2 N–H and O–H groups in total. The van der Waals surface area contributed by atoms with Crippen LogP contribution in [0.2, 0.25) is 0 Å². The molecule has 0 aliphatic carbocycles. The van der Waals surface area contributed by atoms with Crippen molar-refractivity contribution in [3.8, 4) is 0 Å². The lowest BCUT2D eigenvalue weighted by Gasteiger charge is -2.25. The Kier molecular flexibility index (Phi) is 6.23. The largest absolute Gasteiger partial charge is 0.741 e. The fourth-order valence-corrected chi connectivity index (χ4v) is 5.70. The van der Waals surface area contributed by atoms with E-state index in [-0.39, 0.29) is 10.9 Å². The number of hydrogen-bond acceptors (Lipinski definition) is 6. The zero-order valence-corrected chi connectivity index (χ0v) is 12.5. The summed E-state index contributed by atoms with van der Waals surface area (Å²) in [5.41, 5.74) is -5.65. The number of thioether (sulfide) groups is 1. The summed E-state index contributed by atoms with van der Waals surface area (Å²) in [6.07, 6.45) is 1.97. The Morgan fingerprint density at radius 1 is 1.40 bits per heavy atom. The zero-order valence-electron chi connectivity index (χ0n) is 10.0. The Balaban J connectivity index is 0.000000221. The van der Waals surface area contributed by atoms with Crippen LogP contribution in [-0.2, 0) is 21.0 Å². The van der Waals surface area contributed by atoms with Gasteiger partial charge < -0.3 is 14.8 Å². The van der Waals surface area contributed by atoms with Gasteiger partial charge in [0.1, 0.15) is 23.7 Å². The van der Waals surface area contributed by atoms with Gasteiger partial charge in [0, 0.05) is 29.1 Å². The van der Waals surface area contributed by atoms with E-state index in [4.69, 9.17) is 13.0 Å². The molecule has 0 aromatic heterocycles. The third-order valence-electron chi connectivity index (χ3n) is 2.42. The minimum atomic E-state index is -6.09. The quantitative estimate of drug-likeness (QED) is 0.371. The number of rotatable bonds is 0. The molecule has 2 rings (SSSR count). The topological polar surface area (TPSA) is 97.7 Å². The molecule has 0 bridgehead atoms. The summed E-state index contributed by atoms with van der Waals surface area (Å²) in [5.74, 6) is 3.17. The fourth-order valence-electron chi connectivity index (χ4n) is 1.45. The Morgan fingerprint density at radius 2 is 1.95 bits per heavy atom. The lowest BCUT2D eigenvalue weighted by molar-refractivity contribution is -0.0517. The smallest absolute Gasteiger partial charge is 0.485 e. The molecule has 0 amide bonds. The first kappa shape index (κ1) is 18.1. The molecule has 2 aliphatic heterocycles. The second kappa shape index (κ2) is 6.88. The maximum atomic E-state index is 10.7. The summed E-state index contributed by atoms with van der Waals surface area (Å²) >= 11 is 1.86. The van der Waals surface area contributed by atoms with Gasteiger partial charge >= 0.3 is 5.51 Å². The van der Waals surface area contributed by atoms with Crippen molar-refractivity contribution in [2.24, 2.45) is 0 Å². The lowest BCUT2D eigenvalue weighted by atomic mass is 10.2. The van der Waals surface area contributed by atoms with Crippen molar-refractivity contribution in [1.29, 1.82) is 0 Å². The summed E-state index contributed by atoms with van der Waals surface area (Å²) < 4.78 is 60.2. The second-order valence-corrected chi connectivity index (χ2v) is 8.94. The molecule has 1 saturated heterocycles. The minimum absolute atomic E-state index is 0.261. The summed E-state index contributed by atoms with van der Waals surface area (Å²) in [6.45, 7) is 0. The van der Waals surface area contributed by atoms with Crippen LogP contribution in [-0.4, -0.2) is 58.2 Å². The third-order valence-corrected chi connectivity index (χ3v) is 7.19. The molecule has 20 heavy (non-hydrogen) atoms. The van der Waals surface area contributed by atoms with Crippen molar-refractivity contribution in [2.75, 3.05) is 17.3 Å². The van der Waals surface area contributed by atoms with E-state index in [9.17, 15) is 23.4 Å². The van der Waals surface area contributed by atoms with Gasteiger partial charge in [0.05, 0.1) is 0 Å². The third kappa shape index (κ3) is 5.11. The average molecular weight is 354 g/mol. The van der Waals surface area contributed by atoms with Gasteiger partial charge in [-0.3, -0.25) is 0 Å². The summed E-state index contributed by atoms with van der Waals surface area (Å²) in [4.78, 5) is 0. The molecular formula is C9H13F3O5S3. The van der Waals surface area contributed by atoms with Crippen LogP contribution in [0.4, 0.5) is 13.2 Å². The molecule has 0 spiro atoms. The molecule has 0 aromatic carbocycles. The van der Waals surface area contributed by atoms with Crippen LogP contribution in [0.1, 0.15) is 6.42 Å². The van der Waals surface area contributed by atoms with Gasteiger partial charge in [0.25, 0.3) is 0 Å². The fraction of sp³-hybridized carbons (Fsp3) is 0.778. The highest BCUT2D eigenvalue weighted by atomic mass is 32.2. The van der Waals surface area contributed by atoms with Crippen molar-refractivity contribution in [1.82, 2.24) is 0 Å². The van der Waals surface area contributed by atoms with E-state index in [1.807, 2.05) is 17.8 Å². The Labute approximate surface area is 121 Å². The standard InChI is InChI=1S/C8H13O2S2.CHF3O3S/c9-6-4-8-11-2-1-3-12(8)5-7(6)10;2-1(3,4)8(5,6)7/h4,6-7,9-10H,1-3,5H2;(H,5,6,7)/q+1;/p-1/t6-,7+,12?;/m0./s1. The molecule has 2 heterocycles. The highest BCUT2D eigenvalue weighted by Crippen LogP contribution is 2.35. The second-order valence-electron chi connectivity index (χ2n) is 4.01. The first-order valence-electron chi connectivity index (χ1n) is 5.43. The van der Waals surface area contributed by atoms with Gasteiger partial charge in [-0.15, -0.1) is 0 Å². The Bertz CT molecular complexity index is 462. The predicted molar refractivity (Wildman–Crippen MR) is 70.0 cm³/mol. The molecule has 0 radical (unpaired) electrons. The van der Waals surface area contributed by atoms with Crippen LogP contribution in [0.5, 0.6) is 0 Å². The number of aliphatic hydroxyl groups is 2. The van der Waals surface area contributed by atoms with E-state index in [0.717, 1.165) is 5.75 Å². The van der Waals surface area contributed by atoms with Gasteiger partial charge in [0.15, 0.2) is 14.4 Å². The van der Waals surface area contributed by atoms with E-state index in [2.05, 4.69) is 0 Å². The lowest BCUT2D eigenvalue weighted by Crippen LogP contribution is -2.38. The number of fused-ring (bicyclic) bond motifs is 1. The molecule has 0 saturated carbocycles. The van der Waals surface area contributed by atoms with Gasteiger partial charge in [-0.25, -0.2) is 8.42 Å². The minimum Gasteiger partial charge on any atom is -0.741 e. The van der Waals surface area contributed by atoms with E-state index < -0.39 is 27.8 Å². The highest BCUT2D eigenvalue weighted by Gasteiger charge is 2.38. The van der Waals surface area contributed by atoms with Crippen molar-refractivity contribution in [3.05, 3.63) is 10.3 Å².